The summed E-state index contributed by atoms with van der Waals surface area (Å²) in [5.74, 6) is 0. The van der Waals surface area contributed by atoms with Crippen molar-refractivity contribution in [3.8, 4) is 0 Å². The van der Waals surface area contributed by atoms with Crippen LogP contribution in [0.1, 0.15) is 0 Å². The summed E-state index contributed by atoms with van der Waals surface area (Å²) >= 11 is 4.09. The van der Waals surface area contributed by atoms with Crippen molar-refractivity contribution in [2.24, 2.45) is 0 Å². The van der Waals surface area contributed by atoms with Crippen LogP contribution in [-0.4, -0.2) is 79.6 Å². The summed E-state index contributed by atoms with van der Waals surface area (Å²) in [4.78, 5) is 0. The lowest BCUT2D eigenvalue weighted by atomic mass is 10.4. The zero-order valence-electron chi connectivity index (χ0n) is 10.0. The van der Waals surface area contributed by atoms with Crippen molar-refractivity contribution in [1.82, 2.24) is 0 Å². The van der Waals surface area contributed by atoms with E-state index in [4.69, 9.17) is 0 Å². The van der Waals surface area contributed by atoms with E-state index in [9.17, 15) is 0 Å². The van der Waals surface area contributed by atoms with Gasteiger partial charge < -0.3 is 0 Å². The van der Waals surface area contributed by atoms with E-state index >= 15 is 0 Å². The molecule has 2 aliphatic heterocycles. The molecule has 0 aromatic carbocycles. The molecule has 2 saturated heterocycles. The summed E-state index contributed by atoms with van der Waals surface area (Å²) in [5.41, 5.74) is 0. The number of hydrogen-bond donors (Lipinski definition) is 0. The first-order valence-electron chi connectivity index (χ1n) is 5.36. The minimum absolute atomic E-state index is 0.160. The molecule has 14 heavy (non-hydrogen) atoms. The average molecular weight is 265 g/mol. The first-order chi connectivity index (χ1) is 6.16. The molecule has 82 valence electrons. The Kier molecular flexibility index (Phi) is 1.97. The van der Waals surface area contributed by atoms with Gasteiger partial charge in [-0.1, -0.05) is 0 Å². The highest BCUT2D eigenvalue weighted by Gasteiger charge is 2.77. The van der Waals surface area contributed by atoms with Crippen LogP contribution in [-0.2, 0) is 0 Å². The molecule has 2 heterocycles. The van der Waals surface area contributed by atoms with Crippen LogP contribution < -0.4 is 0 Å². The minimum atomic E-state index is 0.160. The van der Waals surface area contributed by atoms with Crippen LogP contribution in [0.5, 0.6) is 0 Å². The lowest BCUT2D eigenvalue weighted by molar-refractivity contribution is -1.21. The number of halogens is 1. The lowest BCUT2D eigenvalue weighted by Gasteiger charge is -2.45. The molecule has 0 atom stereocenters. The second kappa shape index (κ2) is 2.54. The largest absolute Gasteiger partial charge is 0.406 e. The molecule has 0 bridgehead atoms. The summed E-state index contributed by atoms with van der Waals surface area (Å²) in [6.07, 6.45) is 0. The summed E-state index contributed by atoms with van der Waals surface area (Å²) in [7, 11) is 11.8. The fraction of sp³-hybridized carbons (Fsp3) is 1.00. The molecule has 0 N–H and O–H groups in total. The van der Waals surface area contributed by atoms with Gasteiger partial charge in [-0.2, -0.15) is 0 Å². The van der Waals surface area contributed by atoms with Crippen molar-refractivity contribution in [2.45, 2.75) is 4.70 Å². The molecule has 2 rings (SSSR count). The number of nitrogens with zero attached hydrogens (tertiary/aromatic N) is 3. The maximum atomic E-state index is 4.09. The van der Waals surface area contributed by atoms with E-state index in [1.165, 1.54) is 30.7 Å². The number of rotatable bonds is 0. The summed E-state index contributed by atoms with van der Waals surface area (Å²) in [5, 5.41) is 0. The number of likely N-dealkylation sites (N-methyl/N-ethyl adjacent to an activating group) is 3. The quantitative estimate of drug-likeness (QED) is 0.342. The molecular weight excluding hydrogens is 242 g/mol. The monoisotopic (exact) mass is 264 g/mol. The van der Waals surface area contributed by atoms with Crippen LogP contribution >= 0.6 is 15.9 Å². The molecule has 2 aliphatic rings. The molecule has 0 unspecified atom stereocenters. The second-order valence-corrected chi connectivity index (χ2v) is 7.28. The van der Waals surface area contributed by atoms with Crippen LogP contribution in [0.25, 0.3) is 0 Å². The molecule has 0 radical (unpaired) electrons. The Hall–Kier alpha value is 0.360. The van der Waals surface area contributed by atoms with Gasteiger partial charge in [0.15, 0.2) is 0 Å². The Morgan fingerprint density at radius 2 is 1.14 bits per heavy atom. The Balaban J connectivity index is 2.55. The third-order valence-corrected chi connectivity index (χ3v) is 7.31. The second-order valence-electron chi connectivity index (χ2n) is 6.21. The van der Waals surface area contributed by atoms with Gasteiger partial charge in [0.05, 0.1) is 35.2 Å². The topological polar surface area (TPSA) is 0 Å². The first kappa shape index (κ1) is 10.9. The van der Waals surface area contributed by atoms with Crippen LogP contribution in [0, 0.1) is 0 Å². The minimum Gasteiger partial charge on any atom is -0.212 e. The first-order valence-corrected chi connectivity index (χ1v) is 6.15. The Morgan fingerprint density at radius 1 is 0.786 bits per heavy atom. The van der Waals surface area contributed by atoms with E-state index in [0.29, 0.717) is 0 Å². The van der Waals surface area contributed by atoms with Gasteiger partial charge in [-0.15, -0.1) is 0 Å². The molecule has 0 aliphatic carbocycles. The summed E-state index contributed by atoms with van der Waals surface area (Å²) < 4.78 is 3.49. The molecule has 0 amide bonds. The predicted molar refractivity (Wildman–Crippen MR) is 61.5 cm³/mol. The molecule has 0 saturated carbocycles. The SMILES string of the molecule is C[N+]1(C)CC[N+]2(C)CC[N+](C)(C)C12Br. The van der Waals surface area contributed by atoms with Crippen molar-refractivity contribution in [3.63, 3.8) is 0 Å². The van der Waals surface area contributed by atoms with E-state index in [2.05, 4.69) is 51.2 Å². The van der Waals surface area contributed by atoms with E-state index in [1.807, 2.05) is 0 Å². The van der Waals surface area contributed by atoms with Crippen molar-refractivity contribution in [2.75, 3.05) is 61.4 Å². The Labute approximate surface area is 95.8 Å². The highest BCUT2D eigenvalue weighted by molar-refractivity contribution is 9.09. The van der Waals surface area contributed by atoms with Gasteiger partial charge >= 0.3 is 4.70 Å². The van der Waals surface area contributed by atoms with Gasteiger partial charge in [0.2, 0.25) is 0 Å². The van der Waals surface area contributed by atoms with Crippen LogP contribution in [0.15, 0.2) is 0 Å². The van der Waals surface area contributed by atoms with Gasteiger partial charge in [0.1, 0.15) is 42.1 Å². The van der Waals surface area contributed by atoms with E-state index in [0.717, 1.165) is 8.97 Å². The van der Waals surface area contributed by atoms with E-state index in [1.54, 1.807) is 0 Å². The summed E-state index contributed by atoms with van der Waals surface area (Å²) in [6.45, 7) is 5.12. The third kappa shape index (κ3) is 0.932. The van der Waals surface area contributed by atoms with Gasteiger partial charge in [-0.05, 0) is 0 Å². The fourth-order valence-electron chi connectivity index (χ4n) is 3.66. The van der Waals surface area contributed by atoms with Crippen LogP contribution in [0.3, 0.4) is 0 Å². The van der Waals surface area contributed by atoms with Crippen molar-refractivity contribution >= 4 is 15.9 Å². The highest BCUT2D eigenvalue weighted by atomic mass is 79.9. The van der Waals surface area contributed by atoms with Crippen molar-refractivity contribution < 1.29 is 13.4 Å². The number of hydrogen-bond acceptors (Lipinski definition) is 0. The zero-order chi connectivity index (χ0) is 10.8. The van der Waals surface area contributed by atoms with E-state index in [-0.39, 0.29) is 4.70 Å². The molecule has 4 heteroatoms. The zero-order valence-corrected chi connectivity index (χ0v) is 11.6. The van der Waals surface area contributed by atoms with Crippen LogP contribution in [0.2, 0.25) is 0 Å². The molecular formula is C10H23BrN3+3. The number of quaternary nitrogens is 3. The van der Waals surface area contributed by atoms with Crippen LogP contribution in [0.4, 0.5) is 0 Å². The smallest absolute Gasteiger partial charge is 0.212 e. The molecule has 0 aromatic heterocycles. The van der Waals surface area contributed by atoms with Gasteiger partial charge in [0, 0.05) is 0 Å². The molecule has 0 aromatic rings. The average Bonchev–Trinajstić information content (AvgIpc) is 2.36. The van der Waals surface area contributed by atoms with E-state index < -0.39 is 0 Å². The Bertz CT molecular complexity index is 253. The predicted octanol–water partition coefficient (Wildman–Crippen LogP) is 0.619. The standard InChI is InChI=1S/C10H23BrN3/c1-12(2)6-8-14(5)9-7-13(3,4)10(12,14)11/h6-9H2,1-5H3/q+3. The van der Waals surface area contributed by atoms with Gasteiger partial charge in [-0.25, -0.2) is 13.4 Å². The number of fused-ring (bicyclic) bond motifs is 1. The van der Waals surface area contributed by atoms with Crippen molar-refractivity contribution in [3.05, 3.63) is 0 Å². The lowest BCUT2D eigenvalue weighted by Crippen LogP contribution is -2.72. The fourth-order valence-corrected chi connectivity index (χ4v) is 4.37. The highest BCUT2D eigenvalue weighted by Crippen LogP contribution is 2.51. The third-order valence-electron chi connectivity index (χ3n) is 4.53. The molecule has 2 fully saturated rings. The van der Waals surface area contributed by atoms with Gasteiger partial charge in [-0.3, -0.25) is 0 Å². The maximum absolute atomic E-state index is 4.09. The van der Waals surface area contributed by atoms with Gasteiger partial charge in [0.25, 0.3) is 0 Å². The maximum Gasteiger partial charge on any atom is 0.406 e. The molecule has 3 nitrogen and oxygen atoms in total. The molecule has 0 spiro atoms. The van der Waals surface area contributed by atoms with Crippen molar-refractivity contribution in [1.29, 1.82) is 0 Å². The number of alkyl halides is 1. The summed E-state index contributed by atoms with van der Waals surface area (Å²) in [6, 6.07) is 0. The Morgan fingerprint density at radius 3 is 1.43 bits per heavy atom. The normalized spacial score (nSPS) is 49.3.